The number of unbranched alkanes of at least 4 members (excludes halogenated alkanes) is 3. The van der Waals surface area contributed by atoms with Crippen molar-refractivity contribution in [2.75, 3.05) is 6.54 Å². The molecule has 2 aromatic rings. The molecule has 142 valence electrons. The number of para-hydroxylation sites is 1. The van der Waals surface area contributed by atoms with Crippen molar-refractivity contribution in [2.24, 2.45) is 0 Å². The highest BCUT2D eigenvalue weighted by Gasteiger charge is 2.19. The highest BCUT2D eigenvalue weighted by Crippen LogP contribution is 2.23. The van der Waals surface area contributed by atoms with E-state index in [-0.39, 0.29) is 16.7 Å². The highest BCUT2D eigenvalue weighted by molar-refractivity contribution is 8.00. The number of thioether (sulfide) groups is 1. The highest BCUT2D eigenvalue weighted by atomic mass is 32.2. The van der Waals surface area contributed by atoms with Gasteiger partial charge in [0.1, 0.15) is 0 Å². The molecule has 1 aromatic carbocycles. The Labute approximate surface area is 159 Å². The van der Waals surface area contributed by atoms with Crippen LogP contribution in [0.1, 0.15) is 52.9 Å². The molecule has 6 heteroatoms. The standard InChI is InChI=1S/C20H29N3O2S/c1-4-6-7-10-14-23-19(25)16-11-8-9-12-17(16)22-20(23)26-15(3)18(24)21-13-5-2/h8-9,11-12,15H,4-7,10,13-14H2,1-3H3,(H,21,24). The van der Waals surface area contributed by atoms with E-state index in [1.165, 1.54) is 11.8 Å². The molecule has 0 saturated heterocycles. The van der Waals surface area contributed by atoms with E-state index in [1.54, 1.807) is 4.57 Å². The van der Waals surface area contributed by atoms with Gasteiger partial charge < -0.3 is 5.32 Å². The lowest BCUT2D eigenvalue weighted by molar-refractivity contribution is -0.120. The minimum atomic E-state index is -0.295. The van der Waals surface area contributed by atoms with Crippen LogP contribution < -0.4 is 10.9 Å². The summed E-state index contributed by atoms with van der Waals surface area (Å²) in [7, 11) is 0. The van der Waals surface area contributed by atoms with Gasteiger partial charge in [0.15, 0.2) is 5.16 Å². The zero-order valence-electron chi connectivity index (χ0n) is 16.0. The summed E-state index contributed by atoms with van der Waals surface area (Å²) in [6, 6.07) is 7.41. The average molecular weight is 376 g/mol. The molecule has 0 fully saturated rings. The number of nitrogens with zero attached hydrogens (tertiary/aromatic N) is 2. The van der Waals surface area contributed by atoms with E-state index < -0.39 is 0 Å². The van der Waals surface area contributed by atoms with Gasteiger partial charge in [-0.25, -0.2) is 4.98 Å². The summed E-state index contributed by atoms with van der Waals surface area (Å²) in [5, 5.41) is 3.88. The summed E-state index contributed by atoms with van der Waals surface area (Å²) in [5.41, 5.74) is 0.668. The lowest BCUT2D eigenvalue weighted by Crippen LogP contribution is -2.32. The quantitative estimate of drug-likeness (QED) is 0.387. The second kappa shape index (κ2) is 10.4. The minimum Gasteiger partial charge on any atom is -0.355 e. The molecule has 0 aliphatic heterocycles. The molecular formula is C20H29N3O2S. The molecule has 1 aromatic heterocycles. The number of hydrogen-bond acceptors (Lipinski definition) is 4. The second-order valence-corrected chi connectivity index (χ2v) is 7.79. The number of benzene rings is 1. The lowest BCUT2D eigenvalue weighted by Gasteiger charge is -2.16. The molecule has 0 saturated carbocycles. The Morgan fingerprint density at radius 1 is 1.19 bits per heavy atom. The molecule has 2 rings (SSSR count). The number of hydrogen-bond donors (Lipinski definition) is 1. The van der Waals surface area contributed by atoms with Crippen LogP contribution in [0, 0.1) is 0 Å². The minimum absolute atomic E-state index is 0.0169. The van der Waals surface area contributed by atoms with Crippen molar-refractivity contribution >= 4 is 28.6 Å². The van der Waals surface area contributed by atoms with Gasteiger partial charge in [0.2, 0.25) is 5.91 Å². The number of rotatable bonds is 10. The summed E-state index contributed by atoms with van der Waals surface area (Å²) in [5.74, 6) is -0.0169. The zero-order valence-corrected chi connectivity index (χ0v) is 16.8. The van der Waals surface area contributed by atoms with Gasteiger partial charge in [-0.2, -0.15) is 0 Å². The SMILES string of the molecule is CCCCCCn1c(SC(C)C(=O)NCCC)nc2ccccc2c1=O. The number of carbonyl (C=O) groups is 1. The van der Waals surface area contributed by atoms with Crippen LogP contribution in [0.25, 0.3) is 10.9 Å². The van der Waals surface area contributed by atoms with Gasteiger partial charge in [0.25, 0.3) is 5.56 Å². The molecule has 5 nitrogen and oxygen atoms in total. The predicted molar refractivity (Wildman–Crippen MR) is 109 cm³/mol. The molecule has 0 bridgehead atoms. The molecule has 0 aliphatic rings. The molecule has 1 amide bonds. The first-order valence-electron chi connectivity index (χ1n) is 9.52. The molecule has 0 spiro atoms. The zero-order chi connectivity index (χ0) is 18.9. The Morgan fingerprint density at radius 3 is 2.69 bits per heavy atom. The summed E-state index contributed by atoms with van der Waals surface area (Å²) in [6.07, 6.45) is 5.25. The number of carbonyl (C=O) groups excluding carboxylic acids is 1. The fourth-order valence-corrected chi connectivity index (χ4v) is 3.69. The van der Waals surface area contributed by atoms with Gasteiger partial charge in [0, 0.05) is 13.1 Å². The van der Waals surface area contributed by atoms with Crippen molar-refractivity contribution in [3.8, 4) is 0 Å². The van der Waals surface area contributed by atoms with Gasteiger partial charge in [-0.05, 0) is 31.9 Å². The van der Waals surface area contributed by atoms with Crippen molar-refractivity contribution in [2.45, 2.75) is 69.8 Å². The first kappa shape index (κ1) is 20.5. The smallest absolute Gasteiger partial charge is 0.262 e. The van der Waals surface area contributed by atoms with Crippen LogP contribution in [-0.2, 0) is 11.3 Å². The van der Waals surface area contributed by atoms with Crippen molar-refractivity contribution in [3.05, 3.63) is 34.6 Å². The van der Waals surface area contributed by atoms with Gasteiger partial charge in [-0.3, -0.25) is 14.2 Å². The Balaban J connectivity index is 2.29. The summed E-state index contributed by atoms with van der Waals surface area (Å²) in [4.78, 5) is 29.8. The molecule has 0 aliphatic carbocycles. The van der Waals surface area contributed by atoms with Crippen LogP contribution in [0.2, 0.25) is 0 Å². The first-order valence-corrected chi connectivity index (χ1v) is 10.4. The van der Waals surface area contributed by atoms with Crippen molar-refractivity contribution in [1.82, 2.24) is 14.9 Å². The Hall–Kier alpha value is -1.82. The molecule has 1 N–H and O–H groups in total. The summed E-state index contributed by atoms with van der Waals surface area (Å²) < 4.78 is 1.74. The van der Waals surface area contributed by atoms with E-state index in [1.807, 2.05) is 38.1 Å². The molecule has 26 heavy (non-hydrogen) atoms. The van der Waals surface area contributed by atoms with Gasteiger partial charge >= 0.3 is 0 Å². The maximum Gasteiger partial charge on any atom is 0.262 e. The summed E-state index contributed by atoms with van der Waals surface area (Å²) >= 11 is 1.36. The van der Waals surface area contributed by atoms with Gasteiger partial charge in [-0.15, -0.1) is 0 Å². The molecule has 1 atom stereocenters. The van der Waals surface area contributed by atoms with Crippen molar-refractivity contribution in [1.29, 1.82) is 0 Å². The maximum atomic E-state index is 12.9. The summed E-state index contributed by atoms with van der Waals surface area (Å²) in [6.45, 7) is 7.36. The topological polar surface area (TPSA) is 64.0 Å². The fourth-order valence-electron chi connectivity index (χ4n) is 2.74. The first-order chi connectivity index (χ1) is 12.6. The van der Waals surface area contributed by atoms with Crippen LogP contribution in [0.3, 0.4) is 0 Å². The normalized spacial score (nSPS) is 12.3. The van der Waals surface area contributed by atoms with Crippen molar-refractivity contribution < 1.29 is 4.79 Å². The van der Waals surface area contributed by atoms with Gasteiger partial charge in [0.05, 0.1) is 16.2 Å². The number of amides is 1. The third-order valence-corrected chi connectivity index (χ3v) is 5.35. The van der Waals surface area contributed by atoms with E-state index in [4.69, 9.17) is 0 Å². The molecule has 0 radical (unpaired) electrons. The third-order valence-electron chi connectivity index (χ3n) is 4.26. The van der Waals surface area contributed by atoms with E-state index in [9.17, 15) is 9.59 Å². The second-order valence-electron chi connectivity index (χ2n) is 6.48. The lowest BCUT2D eigenvalue weighted by atomic mass is 10.2. The van der Waals surface area contributed by atoms with E-state index in [2.05, 4.69) is 17.2 Å². The molecule has 1 heterocycles. The number of aromatic nitrogens is 2. The van der Waals surface area contributed by atoms with E-state index >= 15 is 0 Å². The van der Waals surface area contributed by atoms with Crippen LogP contribution in [0.15, 0.2) is 34.2 Å². The van der Waals surface area contributed by atoms with Crippen LogP contribution in [-0.4, -0.2) is 27.3 Å². The Kier molecular flexibility index (Phi) is 8.16. The van der Waals surface area contributed by atoms with Crippen LogP contribution in [0.4, 0.5) is 0 Å². The van der Waals surface area contributed by atoms with E-state index in [0.717, 1.165) is 32.1 Å². The number of nitrogens with one attached hydrogen (secondary N) is 1. The average Bonchev–Trinajstić information content (AvgIpc) is 2.65. The van der Waals surface area contributed by atoms with Gasteiger partial charge in [-0.1, -0.05) is 57.0 Å². The maximum absolute atomic E-state index is 12.9. The molecular weight excluding hydrogens is 346 g/mol. The van der Waals surface area contributed by atoms with E-state index in [0.29, 0.717) is 29.1 Å². The predicted octanol–water partition coefficient (Wildman–Crippen LogP) is 3.98. The number of fused-ring (bicyclic) bond motifs is 1. The van der Waals surface area contributed by atoms with Crippen LogP contribution >= 0.6 is 11.8 Å². The largest absolute Gasteiger partial charge is 0.355 e. The molecule has 1 unspecified atom stereocenters. The fraction of sp³-hybridized carbons (Fsp3) is 0.550. The third kappa shape index (κ3) is 5.34. The Morgan fingerprint density at radius 2 is 1.96 bits per heavy atom. The monoisotopic (exact) mass is 375 g/mol. The van der Waals surface area contributed by atoms with Crippen molar-refractivity contribution in [3.63, 3.8) is 0 Å². The Bertz CT molecular complexity index is 788. The van der Waals surface area contributed by atoms with Crippen LogP contribution in [0.5, 0.6) is 0 Å².